The van der Waals surface area contributed by atoms with Crippen LogP contribution in [-0.2, 0) is 6.42 Å². The van der Waals surface area contributed by atoms with Crippen LogP contribution >= 0.6 is 0 Å². The molecule has 21 heavy (non-hydrogen) atoms. The maximum atomic E-state index is 3.66. The first-order chi connectivity index (χ1) is 10.0. The van der Waals surface area contributed by atoms with Gasteiger partial charge in [-0.25, -0.2) is 0 Å². The van der Waals surface area contributed by atoms with Gasteiger partial charge in [0.1, 0.15) is 0 Å². The number of nitrogens with one attached hydrogen (secondary N) is 1. The van der Waals surface area contributed by atoms with E-state index in [0.29, 0.717) is 11.5 Å². The molecule has 0 aromatic heterocycles. The van der Waals surface area contributed by atoms with Crippen molar-refractivity contribution in [2.75, 3.05) is 26.2 Å². The lowest BCUT2D eigenvalue weighted by atomic mass is 9.93. The Hall–Kier alpha value is -0.860. The zero-order valence-electron chi connectivity index (χ0n) is 14.3. The molecule has 2 nitrogen and oxygen atoms in total. The van der Waals surface area contributed by atoms with Gasteiger partial charge in [0.2, 0.25) is 0 Å². The molecule has 0 spiro atoms. The molecule has 1 fully saturated rings. The zero-order valence-corrected chi connectivity index (χ0v) is 14.3. The van der Waals surface area contributed by atoms with Crippen molar-refractivity contribution in [3.8, 4) is 0 Å². The van der Waals surface area contributed by atoms with Crippen LogP contribution in [0.15, 0.2) is 24.3 Å². The number of hydrogen-bond donors (Lipinski definition) is 1. The highest BCUT2D eigenvalue weighted by atomic mass is 15.2. The van der Waals surface area contributed by atoms with Gasteiger partial charge in [-0.15, -0.1) is 0 Å². The Morgan fingerprint density at radius 2 is 1.90 bits per heavy atom. The van der Waals surface area contributed by atoms with E-state index in [2.05, 4.69) is 62.2 Å². The first-order valence-corrected chi connectivity index (χ1v) is 8.58. The van der Waals surface area contributed by atoms with Crippen LogP contribution in [0, 0.1) is 5.41 Å². The van der Waals surface area contributed by atoms with Gasteiger partial charge in [-0.2, -0.15) is 0 Å². The summed E-state index contributed by atoms with van der Waals surface area (Å²) in [6.45, 7) is 13.8. The fourth-order valence-electron chi connectivity index (χ4n) is 3.38. The second kappa shape index (κ2) is 7.42. The minimum atomic E-state index is 0.458. The molecule has 0 amide bonds. The van der Waals surface area contributed by atoms with Gasteiger partial charge in [0.15, 0.2) is 0 Å². The molecule has 2 rings (SSSR count). The second-order valence-corrected chi connectivity index (χ2v) is 7.25. The first kappa shape index (κ1) is 16.5. The van der Waals surface area contributed by atoms with Gasteiger partial charge in [-0.3, -0.25) is 0 Å². The monoisotopic (exact) mass is 288 g/mol. The van der Waals surface area contributed by atoms with Crippen LogP contribution in [0.4, 0.5) is 0 Å². The van der Waals surface area contributed by atoms with Gasteiger partial charge in [0.05, 0.1) is 0 Å². The van der Waals surface area contributed by atoms with Crippen molar-refractivity contribution in [3.05, 3.63) is 35.4 Å². The molecule has 1 heterocycles. The number of hydrogen-bond acceptors (Lipinski definition) is 2. The van der Waals surface area contributed by atoms with Crippen LogP contribution < -0.4 is 5.32 Å². The van der Waals surface area contributed by atoms with Crippen molar-refractivity contribution in [1.82, 2.24) is 10.2 Å². The summed E-state index contributed by atoms with van der Waals surface area (Å²) in [5.74, 6) is 0. The highest BCUT2D eigenvalue weighted by molar-refractivity contribution is 5.25. The van der Waals surface area contributed by atoms with Gasteiger partial charge in [0.25, 0.3) is 0 Å². The molecule has 1 aromatic carbocycles. The van der Waals surface area contributed by atoms with E-state index >= 15 is 0 Å². The molecule has 1 N–H and O–H groups in total. The molecule has 1 aliphatic heterocycles. The molecule has 0 bridgehead atoms. The summed E-state index contributed by atoms with van der Waals surface area (Å²) in [6.07, 6.45) is 3.73. The molecule has 1 unspecified atom stereocenters. The van der Waals surface area contributed by atoms with E-state index < -0.39 is 0 Å². The maximum absolute atomic E-state index is 3.66. The van der Waals surface area contributed by atoms with Gasteiger partial charge in [-0.05, 0) is 42.5 Å². The number of likely N-dealkylation sites (N-methyl/N-ethyl adjacent to an activating group) is 1. The van der Waals surface area contributed by atoms with E-state index in [-0.39, 0.29) is 0 Å². The van der Waals surface area contributed by atoms with Crippen molar-refractivity contribution in [1.29, 1.82) is 0 Å². The highest BCUT2D eigenvalue weighted by Gasteiger charge is 2.30. The molecule has 1 aromatic rings. The Morgan fingerprint density at radius 3 is 2.43 bits per heavy atom. The normalized spacial score (nSPS) is 19.8. The third kappa shape index (κ3) is 4.82. The van der Waals surface area contributed by atoms with Crippen LogP contribution in [0.3, 0.4) is 0 Å². The van der Waals surface area contributed by atoms with E-state index in [1.54, 1.807) is 0 Å². The van der Waals surface area contributed by atoms with Gasteiger partial charge < -0.3 is 10.2 Å². The summed E-state index contributed by atoms with van der Waals surface area (Å²) >= 11 is 0. The van der Waals surface area contributed by atoms with E-state index in [1.165, 1.54) is 43.5 Å². The second-order valence-electron chi connectivity index (χ2n) is 7.25. The molecule has 1 atom stereocenters. The Morgan fingerprint density at radius 1 is 1.19 bits per heavy atom. The molecule has 0 aliphatic carbocycles. The van der Waals surface area contributed by atoms with E-state index in [0.717, 1.165) is 13.1 Å². The molecule has 118 valence electrons. The van der Waals surface area contributed by atoms with Crippen molar-refractivity contribution < 1.29 is 0 Å². The third-order valence-electron chi connectivity index (χ3n) is 4.57. The summed E-state index contributed by atoms with van der Waals surface area (Å²) < 4.78 is 0. The summed E-state index contributed by atoms with van der Waals surface area (Å²) in [6, 6.07) is 9.70. The average Bonchev–Trinajstić information content (AvgIpc) is 2.79. The number of benzene rings is 1. The Balaban J connectivity index is 2.01. The largest absolute Gasteiger partial charge is 0.309 e. The third-order valence-corrected chi connectivity index (χ3v) is 4.57. The summed E-state index contributed by atoms with van der Waals surface area (Å²) in [5.41, 5.74) is 3.38. The summed E-state index contributed by atoms with van der Waals surface area (Å²) in [7, 11) is 0. The average molecular weight is 288 g/mol. The van der Waals surface area contributed by atoms with Crippen molar-refractivity contribution >= 4 is 0 Å². The fourth-order valence-corrected chi connectivity index (χ4v) is 3.38. The molecule has 0 saturated carbocycles. The minimum absolute atomic E-state index is 0.458. The van der Waals surface area contributed by atoms with E-state index in [1.807, 2.05) is 0 Å². The first-order valence-electron chi connectivity index (χ1n) is 8.58. The highest BCUT2D eigenvalue weighted by Crippen LogP contribution is 2.30. The van der Waals surface area contributed by atoms with Gasteiger partial charge in [0, 0.05) is 19.1 Å². The van der Waals surface area contributed by atoms with E-state index in [4.69, 9.17) is 0 Å². The Labute approximate surface area is 130 Å². The predicted octanol–water partition coefficient (Wildman–Crippen LogP) is 4.02. The molecule has 1 saturated heterocycles. The number of rotatable bonds is 7. The number of likely N-dealkylation sites (tertiary alicyclic amines) is 1. The lowest BCUT2D eigenvalue weighted by Crippen LogP contribution is -2.34. The Bertz CT molecular complexity index is 422. The van der Waals surface area contributed by atoms with Crippen LogP contribution in [-0.4, -0.2) is 31.1 Å². The van der Waals surface area contributed by atoms with Crippen LogP contribution in [0.25, 0.3) is 0 Å². The van der Waals surface area contributed by atoms with Crippen LogP contribution in [0.5, 0.6) is 0 Å². The van der Waals surface area contributed by atoms with Gasteiger partial charge in [-0.1, -0.05) is 58.4 Å². The maximum Gasteiger partial charge on any atom is 0.0449 e. The minimum Gasteiger partial charge on any atom is -0.309 e. The lowest BCUT2D eigenvalue weighted by Gasteiger charge is -2.26. The van der Waals surface area contributed by atoms with Crippen LogP contribution in [0.2, 0.25) is 0 Å². The molecular formula is C19H32N2. The quantitative estimate of drug-likeness (QED) is 0.815. The predicted molar refractivity (Wildman–Crippen MR) is 91.7 cm³/mol. The Kier molecular flexibility index (Phi) is 5.83. The van der Waals surface area contributed by atoms with Crippen LogP contribution in [0.1, 0.15) is 57.7 Å². The molecule has 2 heteroatoms. The molecule has 0 radical (unpaired) electrons. The number of nitrogens with zero attached hydrogens (tertiary/aromatic N) is 1. The summed E-state index contributed by atoms with van der Waals surface area (Å²) in [5, 5.41) is 3.66. The number of aryl methyl sites for hydroxylation is 1. The molecular weight excluding hydrogens is 256 g/mol. The smallest absolute Gasteiger partial charge is 0.0449 e. The van der Waals surface area contributed by atoms with Crippen molar-refractivity contribution in [2.45, 2.75) is 53.0 Å². The van der Waals surface area contributed by atoms with E-state index in [9.17, 15) is 0 Å². The van der Waals surface area contributed by atoms with Crippen molar-refractivity contribution in [2.24, 2.45) is 5.41 Å². The summed E-state index contributed by atoms with van der Waals surface area (Å²) in [4.78, 5) is 2.62. The topological polar surface area (TPSA) is 15.3 Å². The SMILES string of the molecule is CCCc1ccc(C(CN2CCC(C)(C)C2)NCC)cc1. The molecule has 1 aliphatic rings. The standard InChI is InChI=1S/C19H32N2/c1-5-7-16-8-10-17(11-9-16)18(20-6-2)14-21-13-12-19(3,4)15-21/h8-11,18,20H,5-7,12-15H2,1-4H3. The zero-order chi connectivity index (χ0) is 15.3. The van der Waals surface area contributed by atoms with Gasteiger partial charge >= 0.3 is 0 Å². The van der Waals surface area contributed by atoms with Crippen molar-refractivity contribution in [3.63, 3.8) is 0 Å². The fraction of sp³-hybridized carbons (Fsp3) is 0.684. The lowest BCUT2D eigenvalue weighted by molar-refractivity contribution is 0.262.